The smallest absolute Gasteiger partial charge is 0.189 e. The van der Waals surface area contributed by atoms with Crippen LogP contribution in [0.4, 0.5) is 0 Å². The molecule has 0 aliphatic heterocycles. The minimum atomic E-state index is 0.0423. The highest BCUT2D eigenvalue weighted by atomic mass is 16.4. The fourth-order valence-electron chi connectivity index (χ4n) is 1.91. The number of pyridine rings is 1. The Morgan fingerprint density at radius 2 is 2.28 bits per heavy atom. The zero-order chi connectivity index (χ0) is 13.6. The van der Waals surface area contributed by atoms with E-state index in [-0.39, 0.29) is 11.4 Å². The molecular weight excluding hydrogens is 228 g/mol. The van der Waals surface area contributed by atoms with Crippen molar-refractivity contribution < 1.29 is 5.21 Å². The lowest BCUT2D eigenvalue weighted by atomic mass is 9.98. The van der Waals surface area contributed by atoms with E-state index in [1.165, 1.54) is 0 Å². The summed E-state index contributed by atoms with van der Waals surface area (Å²) < 4.78 is 0. The minimum absolute atomic E-state index is 0.0423. The summed E-state index contributed by atoms with van der Waals surface area (Å²) in [6.45, 7) is 7.13. The molecule has 0 saturated heterocycles. The number of hydrogen-bond donors (Lipinski definition) is 3. The van der Waals surface area contributed by atoms with E-state index in [2.05, 4.69) is 36.2 Å². The molecule has 0 aliphatic rings. The molecule has 4 N–H and O–H groups in total. The molecule has 1 heterocycles. The zero-order valence-electron chi connectivity index (χ0n) is 11.3. The summed E-state index contributed by atoms with van der Waals surface area (Å²) in [7, 11) is 0. The lowest BCUT2D eigenvalue weighted by Gasteiger charge is -2.26. The van der Waals surface area contributed by atoms with Crippen LogP contribution in [0.1, 0.15) is 44.9 Å². The Morgan fingerprint density at radius 1 is 1.56 bits per heavy atom. The lowest BCUT2D eigenvalue weighted by molar-refractivity contribution is 0.318. The highest BCUT2D eigenvalue weighted by Gasteiger charge is 2.16. The van der Waals surface area contributed by atoms with E-state index in [1.54, 1.807) is 6.20 Å². The van der Waals surface area contributed by atoms with E-state index in [4.69, 9.17) is 10.9 Å². The summed E-state index contributed by atoms with van der Waals surface area (Å²) in [5.74, 6) is 0.0423. The molecule has 0 unspecified atom stereocenters. The highest BCUT2D eigenvalue weighted by molar-refractivity contribution is 5.96. The summed E-state index contributed by atoms with van der Waals surface area (Å²) in [6.07, 6.45) is 3.85. The van der Waals surface area contributed by atoms with Gasteiger partial charge in [0, 0.05) is 18.3 Å². The SMILES string of the molecule is CCCC(C)(C)NCc1cccnc1/C(N)=N/O. The van der Waals surface area contributed by atoms with Crippen molar-refractivity contribution in [2.75, 3.05) is 0 Å². The van der Waals surface area contributed by atoms with Crippen molar-refractivity contribution in [3.8, 4) is 0 Å². The first-order valence-electron chi connectivity index (χ1n) is 6.17. The number of hydrogen-bond acceptors (Lipinski definition) is 4. The Balaban J connectivity index is 2.79. The van der Waals surface area contributed by atoms with Crippen LogP contribution in [-0.4, -0.2) is 21.6 Å². The molecule has 0 radical (unpaired) electrons. The maximum absolute atomic E-state index is 8.73. The predicted octanol–water partition coefficient (Wildman–Crippen LogP) is 1.84. The number of nitrogens with two attached hydrogens (primary N) is 1. The largest absolute Gasteiger partial charge is 0.409 e. The minimum Gasteiger partial charge on any atom is -0.409 e. The molecule has 100 valence electrons. The van der Waals surface area contributed by atoms with Crippen molar-refractivity contribution >= 4 is 5.84 Å². The number of oxime groups is 1. The van der Waals surface area contributed by atoms with Crippen LogP contribution >= 0.6 is 0 Å². The molecule has 0 spiro atoms. The number of aromatic nitrogens is 1. The highest BCUT2D eigenvalue weighted by Crippen LogP contribution is 2.13. The standard InChI is InChI=1S/C13H22N4O/c1-4-7-13(2,3)16-9-10-6-5-8-15-11(10)12(14)17-18/h5-6,8,16,18H,4,7,9H2,1-3H3,(H2,14,17). The van der Waals surface area contributed by atoms with Gasteiger partial charge in [0.2, 0.25) is 0 Å². The van der Waals surface area contributed by atoms with E-state index in [9.17, 15) is 0 Å². The second kappa shape index (κ2) is 6.35. The lowest BCUT2D eigenvalue weighted by Crippen LogP contribution is -2.39. The van der Waals surface area contributed by atoms with Crippen molar-refractivity contribution in [3.05, 3.63) is 29.6 Å². The average molecular weight is 250 g/mol. The van der Waals surface area contributed by atoms with Crippen molar-refractivity contribution in [1.82, 2.24) is 10.3 Å². The van der Waals surface area contributed by atoms with Crippen molar-refractivity contribution in [2.45, 2.75) is 45.7 Å². The maximum Gasteiger partial charge on any atom is 0.189 e. The Bertz CT molecular complexity index is 415. The van der Waals surface area contributed by atoms with E-state index < -0.39 is 0 Å². The van der Waals surface area contributed by atoms with Gasteiger partial charge in [-0.1, -0.05) is 24.6 Å². The van der Waals surface area contributed by atoms with Gasteiger partial charge in [-0.25, -0.2) is 0 Å². The third-order valence-corrected chi connectivity index (χ3v) is 2.87. The van der Waals surface area contributed by atoms with Gasteiger partial charge in [-0.05, 0) is 31.9 Å². The van der Waals surface area contributed by atoms with E-state index in [0.717, 1.165) is 18.4 Å². The molecule has 0 atom stereocenters. The maximum atomic E-state index is 8.73. The zero-order valence-corrected chi connectivity index (χ0v) is 11.3. The molecule has 0 aromatic carbocycles. The molecule has 0 bridgehead atoms. The Morgan fingerprint density at radius 3 is 2.89 bits per heavy atom. The fourth-order valence-corrected chi connectivity index (χ4v) is 1.91. The predicted molar refractivity (Wildman–Crippen MR) is 72.6 cm³/mol. The number of rotatable bonds is 6. The third-order valence-electron chi connectivity index (χ3n) is 2.87. The van der Waals surface area contributed by atoms with Crippen molar-refractivity contribution in [3.63, 3.8) is 0 Å². The van der Waals surface area contributed by atoms with E-state index >= 15 is 0 Å². The fraction of sp³-hybridized carbons (Fsp3) is 0.538. The van der Waals surface area contributed by atoms with Crippen molar-refractivity contribution in [1.29, 1.82) is 0 Å². The summed E-state index contributed by atoms with van der Waals surface area (Å²) in [4.78, 5) is 4.14. The third kappa shape index (κ3) is 4.00. The topological polar surface area (TPSA) is 83.5 Å². The monoisotopic (exact) mass is 250 g/mol. The average Bonchev–Trinajstić information content (AvgIpc) is 2.36. The van der Waals surface area contributed by atoms with Gasteiger partial charge >= 0.3 is 0 Å². The Labute approximate surface area is 108 Å². The molecule has 1 aromatic rings. The summed E-state index contributed by atoms with van der Waals surface area (Å²) in [5, 5.41) is 15.2. The molecule has 0 fully saturated rings. The van der Waals surface area contributed by atoms with Crippen LogP contribution in [0.3, 0.4) is 0 Å². The van der Waals surface area contributed by atoms with Crippen LogP contribution < -0.4 is 11.1 Å². The van der Waals surface area contributed by atoms with E-state index in [1.807, 2.05) is 12.1 Å². The van der Waals surface area contributed by atoms with Crippen LogP contribution in [0.5, 0.6) is 0 Å². The molecular formula is C13H22N4O. The number of nitrogens with zero attached hydrogens (tertiary/aromatic N) is 2. The van der Waals surface area contributed by atoms with Gasteiger partial charge in [0.1, 0.15) is 5.69 Å². The first-order chi connectivity index (χ1) is 8.50. The molecule has 0 amide bonds. The normalized spacial score (nSPS) is 12.7. The molecule has 18 heavy (non-hydrogen) atoms. The van der Waals surface area contributed by atoms with Gasteiger partial charge in [-0.3, -0.25) is 4.98 Å². The van der Waals surface area contributed by atoms with Gasteiger partial charge < -0.3 is 16.3 Å². The number of amidine groups is 1. The molecule has 0 saturated carbocycles. The van der Waals surface area contributed by atoms with Crippen LogP contribution in [0.15, 0.2) is 23.5 Å². The molecule has 1 aromatic heterocycles. The van der Waals surface area contributed by atoms with Gasteiger partial charge in [0.15, 0.2) is 5.84 Å². The second-order valence-electron chi connectivity index (χ2n) is 4.98. The van der Waals surface area contributed by atoms with Crippen LogP contribution in [0.2, 0.25) is 0 Å². The van der Waals surface area contributed by atoms with Crippen LogP contribution in [0.25, 0.3) is 0 Å². The summed E-state index contributed by atoms with van der Waals surface area (Å²) in [5.41, 5.74) is 7.12. The number of nitrogens with one attached hydrogen (secondary N) is 1. The van der Waals surface area contributed by atoms with Gasteiger partial charge in [0.25, 0.3) is 0 Å². The van der Waals surface area contributed by atoms with Gasteiger partial charge in [0.05, 0.1) is 0 Å². The first kappa shape index (κ1) is 14.4. The molecule has 0 aliphatic carbocycles. The molecule has 5 heteroatoms. The second-order valence-corrected chi connectivity index (χ2v) is 4.98. The molecule has 5 nitrogen and oxygen atoms in total. The quantitative estimate of drug-likeness (QED) is 0.311. The van der Waals surface area contributed by atoms with Crippen molar-refractivity contribution in [2.24, 2.45) is 10.9 Å². The summed E-state index contributed by atoms with van der Waals surface area (Å²) in [6, 6.07) is 3.77. The Kier molecular flexibility index (Phi) is 5.09. The van der Waals surface area contributed by atoms with Crippen LogP contribution in [0, 0.1) is 0 Å². The summed E-state index contributed by atoms with van der Waals surface area (Å²) >= 11 is 0. The van der Waals surface area contributed by atoms with Crippen LogP contribution in [-0.2, 0) is 6.54 Å². The van der Waals surface area contributed by atoms with E-state index in [0.29, 0.717) is 12.2 Å². The van der Waals surface area contributed by atoms with Gasteiger partial charge in [-0.2, -0.15) is 0 Å². The Hall–Kier alpha value is -1.62. The first-order valence-corrected chi connectivity index (χ1v) is 6.17. The van der Waals surface area contributed by atoms with Gasteiger partial charge in [-0.15, -0.1) is 0 Å². The molecule has 1 rings (SSSR count).